The molecule has 1 aromatic heterocycles. The molecule has 0 atom stereocenters. The molecule has 0 aliphatic carbocycles. The first-order valence-electron chi connectivity index (χ1n) is 5.45. The number of hydrogen-bond donors (Lipinski definition) is 0. The van der Waals surface area contributed by atoms with E-state index in [4.69, 9.17) is 4.52 Å². The largest absolute Gasteiger partial charge is 0.356 e. The maximum atomic E-state index is 5.18. The Morgan fingerprint density at radius 3 is 2.33 bits per heavy atom. The Morgan fingerprint density at radius 2 is 1.93 bits per heavy atom. The van der Waals surface area contributed by atoms with Crippen molar-refractivity contribution in [3.8, 4) is 0 Å². The van der Waals surface area contributed by atoms with Crippen molar-refractivity contribution in [2.45, 2.75) is 40.5 Å². The number of allylic oxidation sites excluding steroid dienone is 1. The lowest BCUT2D eigenvalue weighted by atomic mass is 10.0. The van der Waals surface area contributed by atoms with E-state index >= 15 is 0 Å². The molecule has 0 spiro atoms. The molecule has 0 radical (unpaired) electrons. The van der Waals surface area contributed by atoms with E-state index < -0.39 is 0 Å². The van der Waals surface area contributed by atoms with Crippen LogP contribution in [0.3, 0.4) is 0 Å². The van der Waals surface area contributed by atoms with Gasteiger partial charge in [0.05, 0.1) is 5.69 Å². The topological polar surface area (TPSA) is 26.0 Å². The predicted octanol–water partition coefficient (Wildman–Crippen LogP) is 4.50. The molecule has 2 nitrogen and oxygen atoms in total. The summed E-state index contributed by atoms with van der Waals surface area (Å²) in [6.45, 7) is 13.9. The van der Waals surface area contributed by atoms with Crippen molar-refractivity contribution >= 4 is 12.2 Å². The molecule has 0 aliphatic rings. The van der Waals surface area contributed by atoms with Gasteiger partial charge in [0.25, 0.3) is 0 Å². The third-order valence-electron chi connectivity index (χ3n) is 1.85. The highest BCUT2D eigenvalue weighted by Crippen LogP contribution is 2.23. The van der Waals surface area contributed by atoms with E-state index in [1.165, 1.54) is 0 Å². The van der Waals surface area contributed by atoms with Gasteiger partial charge in [-0.05, 0) is 18.9 Å². The first kappa shape index (κ1) is 13.7. The highest BCUT2D eigenvalue weighted by molar-refractivity contribution is 5.62. The van der Waals surface area contributed by atoms with Gasteiger partial charge < -0.3 is 4.52 Å². The van der Waals surface area contributed by atoms with Crippen LogP contribution in [-0.4, -0.2) is 5.16 Å². The molecule has 0 unspecified atom stereocenters. The summed E-state index contributed by atoms with van der Waals surface area (Å²) in [5, 5.41) is 4.01. The van der Waals surface area contributed by atoms with Crippen LogP contribution >= 0.6 is 0 Å². The Morgan fingerprint density at radius 1 is 1.33 bits per heavy atom. The third kappa shape index (κ3) is 3.39. The van der Waals surface area contributed by atoms with E-state index in [0.29, 0.717) is 5.92 Å². The van der Waals surface area contributed by atoms with E-state index in [9.17, 15) is 0 Å². The van der Waals surface area contributed by atoms with Crippen molar-refractivity contribution in [1.82, 2.24) is 5.16 Å². The first-order chi connectivity index (χ1) is 7.20. The molecule has 84 valence electrons. The quantitative estimate of drug-likeness (QED) is 0.729. The summed E-state index contributed by atoms with van der Waals surface area (Å²) >= 11 is 0. The van der Waals surface area contributed by atoms with Gasteiger partial charge in [-0.2, -0.15) is 0 Å². The standard InChI is InChI=1S/C11H15NO.C2H6/c1-5-7-10-9(6-2)11(8(3)4)12-13-10;1-2/h5-8H,2H2,1,3-4H3;1-2H3/b7-5-;. The molecule has 0 saturated heterocycles. The van der Waals surface area contributed by atoms with E-state index in [-0.39, 0.29) is 0 Å². The van der Waals surface area contributed by atoms with Crippen LogP contribution in [0.25, 0.3) is 12.2 Å². The number of aromatic nitrogens is 1. The van der Waals surface area contributed by atoms with Gasteiger partial charge in [-0.25, -0.2) is 0 Å². The van der Waals surface area contributed by atoms with Crippen molar-refractivity contribution in [2.75, 3.05) is 0 Å². The van der Waals surface area contributed by atoms with Crippen molar-refractivity contribution in [1.29, 1.82) is 0 Å². The maximum Gasteiger partial charge on any atom is 0.166 e. The van der Waals surface area contributed by atoms with Gasteiger partial charge in [0, 0.05) is 5.56 Å². The van der Waals surface area contributed by atoms with Gasteiger partial charge in [0.2, 0.25) is 0 Å². The maximum absolute atomic E-state index is 5.18. The summed E-state index contributed by atoms with van der Waals surface area (Å²) in [6, 6.07) is 0. The highest BCUT2D eigenvalue weighted by atomic mass is 16.5. The van der Waals surface area contributed by atoms with E-state index in [0.717, 1.165) is 17.0 Å². The number of nitrogens with zero attached hydrogens (tertiary/aromatic N) is 1. The minimum Gasteiger partial charge on any atom is -0.356 e. The number of rotatable bonds is 3. The summed E-state index contributed by atoms with van der Waals surface area (Å²) in [4.78, 5) is 0. The zero-order valence-electron chi connectivity index (χ0n) is 10.4. The van der Waals surface area contributed by atoms with Gasteiger partial charge in [-0.3, -0.25) is 0 Å². The van der Waals surface area contributed by atoms with Gasteiger partial charge in [-0.15, -0.1) is 0 Å². The molecule has 1 heterocycles. The van der Waals surface area contributed by atoms with Crippen LogP contribution in [0.2, 0.25) is 0 Å². The molecular weight excluding hydrogens is 186 g/mol. The summed E-state index contributed by atoms with van der Waals surface area (Å²) in [6.07, 6.45) is 5.62. The average Bonchev–Trinajstić information content (AvgIpc) is 2.64. The van der Waals surface area contributed by atoms with Crippen molar-refractivity contribution in [2.24, 2.45) is 0 Å². The zero-order valence-corrected chi connectivity index (χ0v) is 10.4. The van der Waals surface area contributed by atoms with E-state index in [1.807, 2.05) is 32.9 Å². The molecule has 0 aliphatic heterocycles. The second-order valence-corrected chi connectivity index (χ2v) is 3.20. The third-order valence-corrected chi connectivity index (χ3v) is 1.85. The molecule has 1 aromatic rings. The van der Waals surface area contributed by atoms with Crippen LogP contribution in [0.5, 0.6) is 0 Å². The lowest BCUT2D eigenvalue weighted by molar-refractivity contribution is 0.402. The van der Waals surface area contributed by atoms with Gasteiger partial charge in [0.15, 0.2) is 5.76 Å². The highest BCUT2D eigenvalue weighted by Gasteiger charge is 2.13. The molecule has 2 heteroatoms. The molecule has 0 N–H and O–H groups in total. The van der Waals surface area contributed by atoms with E-state index in [1.54, 1.807) is 6.08 Å². The predicted molar refractivity (Wildman–Crippen MR) is 66.7 cm³/mol. The average molecular weight is 207 g/mol. The van der Waals surface area contributed by atoms with Crippen LogP contribution in [0.1, 0.15) is 57.6 Å². The minimum absolute atomic E-state index is 0.371. The summed E-state index contributed by atoms with van der Waals surface area (Å²) < 4.78 is 5.18. The zero-order chi connectivity index (χ0) is 11.8. The van der Waals surface area contributed by atoms with Gasteiger partial charge in [-0.1, -0.05) is 51.6 Å². The monoisotopic (exact) mass is 207 g/mol. The van der Waals surface area contributed by atoms with Crippen LogP contribution in [0.15, 0.2) is 17.2 Å². The Hall–Kier alpha value is -1.31. The van der Waals surface area contributed by atoms with Crippen LogP contribution < -0.4 is 0 Å². The van der Waals surface area contributed by atoms with Crippen LogP contribution in [-0.2, 0) is 0 Å². The van der Waals surface area contributed by atoms with Gasteiger partial charge >= 0.3 is 0 Å². The minimum atomic E-state index is 0.371. The van der Waals surface area contributed by atoms with E-state index in [2.05, 4.69) is 25.6 Å². The van der Waals surface area contributed by atoms with Crippen LogP contribution in [0, 0.1) is 0 Å². The van der Waals surface area contributed by atoms with Crippen molar-refractivity contribution in [3.63, 3.8) is 0 Å². The summed E-state index contributed by atoms with van der Waals surface area (Å²) in [7, 11) is 0. The summed E-state index contributed by atoms with van der Waals surface area (Å²) in [5.74, 6) is 1.16. The smallest absolute Gasteiger partial charge is 0.166 e. The SMILES string of the molecule is C=Cc1c(C(C)C)noc1/C=C\C.CC. The Balaban J connectivity index is 0.000000921. The second-order valence-electron chi connectivity index (χ2n) is 3.20. The van der Waals surface area contributed by atoms with Crippen molar-refractivity contribution < 1.29 is 4.52 Å². The molecule has 15 heavy (non-hydrogen) atoms. The Bertz CT molecular complexity index is 321. The normalized spacial score (nSPS) is 10.3. The first-order valence-corrected chi connectivity index (χ1v) is 5.45. The van der Waals surface area contributed by atoms with Gasteiger partial charge in [0.1, 0.15) is 0 Å². The fourth-order valence-electron chi connectivity index (χ4n) is 1.22. The molecule has 0 bridgehead atoms. The molecule has 0 saturated carbocycles. The lowest BCUT2D eigenvalue weighted by Gasteiger charge is -1.98. The molecular formula is C13H21NO. The lowest BCUT2D eigenvalue weighted by Crippen LogP contribution is -1.89. The Kier molecular flexibility index (Phi) is 6.43. The molecule has 1 rings (SSSR count). The Labute approximate surface area is 92.7 Å². The fourth-order valence-corrected chi connectivity index (χ4v) is 1.22. The molecule has 0 amide bonds. The second kappa shape index (κ2) is 7.04. The fraction of sp³-hybridized carbons (Fsp3) is 0.462. The molecule has 0 fully saturated rings. The number of hydrogen-bond acceptors (Lipinski definition) is 2. The van der Waals surface area contributed by atoms with Crippen LogP contribution in [0.4, 0.5) is 0 Å². The van der Waals surface area contributed by atoms with Crippen molar-refractivity contribution in [3.05, 3.63) is 29.7 Å². The summed E-state index contributed by atoms with van der Waals surface area (Å²) in [5.41, 5.74) is 1.98. The molecule has 0 aromatic carbocycles.